The summed E-state index contributed by atoms with van der Waals surface area (Å²) < 4.78 is 74.1. The second-order valence-corrected chi connectivity index (χ2v) is 19.9. The molecule has 10 rings (SSSR count). The summed E-state index contributed by atoms with van der Waals surface area (Å²) in [5.74, 6) is 0.903. The van der Waals surface area contributed by atoms with Crippen LogP contribution < -0.4 is 19.9 Å². The van der Waals surface area contributed by atoms with Gasteiger partial charge in [-0.05, 0) is 135 Å². The van der Waals surface area contributed by atoms with E-state index in [0.29, 0.717) is 37.7 Å². The first kappa shape index (κ1) is 44.7. The van der Waals surface area contributed by atoms with Gasteiger partial charge in [-0.15, -0.1) is 5.26 Å². The summed E-state index contributed by atoms with van der Waals surface area (Å²) in [5, 5.41) is 34.8. The number of amides is 2. The lowest BCUT2D eigenvalue weighted by Gasteiger charge is -2.39. The predicted molar refractivity (Wildman–Crippen MR) is 228 cm³/mol. The SMILES string of the molecule is CCn1nc(S(=O)(=O)NC(=O)Nc2c3c(cc4c2CCC4)CCC3)cc1C1(O)COC1.CCn1nc(S(N)(=O)=O)cc1C1(OC)COC1.N#COc1c2c(cc3c1CCC3)CCC2. The van der Waals surface area contributed by atoms with Crippen LogP contribution in [-0.4, -0.2) is 81.1 Å². The van der Waals surface area contributed by atoms with Gasteiger partial charge in [0.25, 0.3) is 26.3 Å². The number of hydrogen-bond acceptors (Lipinski definition) is 13. The summed E-state index contributed by atoms with van der Waals surface area (Å²) in [7, 11) is -6.44. The van der Waals surface area contributed by atoms with Gasteiger partial charge in [0.1, 0.15) is 5.75 Å². The molecule has 0 bridgehead atoms. The number of aliphatic hydroxyl groups is 1. The number of primary sulfonamides is 1. The van der Waals surface area contributed by atoms with Crippen molar-refractivity contribution >= 4 is 31.8 Å². The van der Waals surface area contributed by atoms with Crippen LogP contribution in [0, 0.1) is 11.5 Å². The molecule has 63 heavy (non-hydrogen) atoms. The van der Waals surface area contributed by atoms with Crippen LogP contribution >= 0.6 is 0 Å². The number of aryl methyl sites for hydroxylation is 6. The fraction of sp³-hybridized carbons (Fsp3) is 0.535. The van der Waals surface area contributed by atoms with E-state index in [4.69, 9.17) is 29.3 Å². The zero-order valence-corrected chi connectivity index (χ0v) is 37.4. The highest BCUT2D eigenvalue weighted by atomic mass is 32.2. The van der Waals surface area contributed by atoms with E-state index in [1.807, 2.05) is 13.2 Å². The van der Waals surface area contributed by atoms with Crippen LogP contribution in [-0.2, 0) is 110 Å². The monoisotopic (exact) mass is 906 g/mol. The van der Waals surface area contributed by atoms with E-state index in [-0.39, 0.29) is 23.3 Å². The molecule has 338 valence electrons. The molecule has 0 unspecified atom stereocenters. The Hall–Kier alpha value is -4.88. The standard InChI is InChI=1S/C21H26N4O5S.C13H13NO.C9H15N3O4S/c1-2-25-17(21(27)11-30-12-21)10-18(23-25)31(28,29)24-20(26)22-19-15-7-3-5-13(15)9-14-6-4-8-16(14)19;14-8-15-13-11-5-1-3-9(11)7-10-4-2-6-12(10)13;1-3-12-7(9(15-2)5-16-6-9)4-8(11-12)17(10,13)14/h9-10,27H,2-8,11-12H2,1H3,(H2,22,24,26);7H,1-6H2;4H,3,5-6H2,1-2H3,(H2,10,13,14). The zero-order valence-electron chi connectivity index (χ0n) is 35.8. The lowest BCUT2D eigenvalue weighted by atomic mass is 9.97. The number of ether oxygens (including phenoxy) is 4. The van der Waals surface area contributed by atoms with Crippen LogP contribution in [0.2, 0.25) is 0 Å². The molecular formula is C43H54N8O10S2. The normalized spacial score (nSPS) is 18.5. The fourth-order valence-electron chi connectivity index (χ4n) is 9.59. The van der Waals surface area contributed by atoms with Gasteiger partial charge in [0.05, 0.1) is 37.8 Å². The Morgan fingerprint density at radius 2 is 1.25 bits per heavy atom. The zero-order chi connectivity index (χ0) is 44.7. The van der Waals surface area contributed by atoms with Crippen molar-refractivity contribution in [2.75, 3.05) is 38.9 Å². The van der Waals surface area contributed by atoms with Gasteiger partial charge in [-0.1, -0.05) is 12.1 Å². The number of nitrogens with zero attached hydrogens (tertiary/aromatic N) is 5. The number of nitrogens with one attached hydrogen (secondary N) is 2. The molecule has 0 radical (unpaired) electrons. The maximum Gasteiger partial charge on any atom is 0.333 e. The van der Waals surface area contributed by atoms with E-state index in [9.17, 15) is 26.7 Å². The number of carbonyl (C=O) groups excluding carboxylic acids is 1. The number of hydrogen-bond donors (Lipinski definition) is 4. The second-order valence-electron chi connectivity index (χ2n) is 16.8. The highest BCUT2D eigenvalue weighted by molar-refractivity contribution is 7.90. The van der Waals surface area contributed by atoms with Crippen molar-refractivity contribution in [1.82, 2.24) is 24.3 Å². The molecule has 20 heteroatoms. The minimum absolute atomic E-state index is 0.0797. The Morgan fingerprint density at radius 1 is 0.778 bits per heavy atom. The Labute approximate surface area is 367 Å². The number of methoxy groups -OCH3 is 1. The Morgan fingerprint density at radius 3 is 1.70 bits per heavy atom. The Kier molecular flexibility index (Phi) is 12.5. The summed E-state index contributed by atoms with van der Waals surface area (Å²) >= 11 is 0. The number of nitrogens with two attached hydrogens (primary N) is 1. The molecule has 0 atom stereocenters. The van der Waals surface area contributed by atoms with Crippen LogP contribution in [0.1, 0.15) is 95.4 Å². The summed E-state index contributed by atoms with van der Waals surface area (Å²) in [6.45, 7) is 5.52. The molecular weight excluding hydrogens is 853 g/mol. The van der Waals surface area contributed by atoms with Crippen LogP contribution in [0.4, 0.5) is 10.5 Å². The molecule has 4 aliphatic carbocycles. The number of aromatic nitrogens is 4. The molecule has 18 nitrogen and oxygen atoms in total. The van der Waals surface area contributed by atoms with Crippen molar-refractivity contribution in [2.24, 2.45) is 5.14 Å². The van der Waals surface area contributed by atoms with Crippen LogP contribution in [0.3, 0.4) is 0 Å². The molecule has 4 aromatic rings. The fourth-order valence-corrected chi connectivity index (χ4v) is 11.0. The summed E-state index contributed by atoms with van der Waals surface area (Å²) in [4.78, 5) is 12.7. The number of anilines is 1. The number of sulfonamides is 2. The lowest BCUT2D eigenvalue weighted by Crippen LogP contribution is -2.49. The second kappa shape index (κ2) is 17.6. The molecule has 2 aromatic heterocycles. The van der Waals surface area contributed by atoms with Gasteiger partial charge in [0.2, 0.25) is 0 Å². The number of fused-ring (bicyclic) bond motifs is 4. The maximum absolute atomic E-state index is 12.9. The number of carbonyl (C=O) groups is 1. The number of rotatable bonds is 10. The highest BCUT2D eigenvalue weighted by Crippen LogP contribution is 2.41. The van der Waals surface area contributed by atoms with E-state index < -0.39 is 37.3 Å². The van der Waals surface area contributed by atoms with Crippen LogP contribution in [0.15, 0.2) is 34.3 Å². The quantitative estimate of drug-likeness (QED) is 0.166. The third kappa shape index (κ3) is 8.59. The molecule has 5 N–H and O–H groups in total. The summed E-state index contributed by atoms with van der Waals surface area (Å²) in [6.07, 6.45) is 14.6. The van der Waals surface area contributed by atoms with Crippen molar-refractivity contribution in [3.8, 4) is 12.0 Å². The third-order valence-corrected chi connectivity index (χ3v) is 14.9. The molecule has 0 spiro atoms. The first-order valence-corrected chi connectivity index (χ1v) is 24.5. The first-order chi connectivity index (χ1) is 30.1. The van der Waals surface area contributed by atoms with Gasteiger partial charge in [0.15, 0.2) is 21.3 Å². The summed E-state index contributed by atoms with van der Waals surface area (Å²) in [5.41, 5.74) is 10.1. The number of urea groups is 1. The molecule has 2 aliphatic heterocycles. The number of benzene rings is 2. The topological polar surface area (TPSA) is 252 Å². The van der Waals surface area contributed by atoms with Gasteiger partial charge in [-0.25, -0.2) is 23.1 Å². The van der Waals surface area contributed by atoms with E-state index >= 15 is 0 Å². The first-order valence-electron chi connectivity index (χ1n) is 21.5. The van der Waals surface area contributed by atoms with Gasteiger partial charge < -0.3 is 29.4 Å². The van der Waals surface area contributed by atoms with Gasteiger partial charge >= 0.3 is 6.03 Å². The maximum atomic E-state index is 12.9. The molecule has 2 amide bonds. The van der Waals surface area contributed by atoms with Crippen molar-refractivity contribution in [3.05, 3.63) is 80.2 Å². The van der Waals surface area contributed by atoms with Crippen molar-refractivity contribution < 1.29 is 45.7 Å². The molecule has 6 aliphatic rings. The van der Waals surface area contributed by atoms with Crippen molar-refractivity contribution in [1.29, 1.82) is 5.26 Å². The van der Waals surface area contributed by atoms with E-state index in [2.05, 4.69) is 32.4 Å². The Balaban J connectivity index is 0.000000143. The molecule has 0 saturated carbocycles. The highest BCUT2D eigenvalue weighted by Gasteiger charge is 2.45. The van der Waals surface area contributed by atoms with Gasteiger partial charge in [0, 0.05) is 38.0 Å². The van der Waals surface area contributed by atoms with E-state index in [1.165, 1.54) is 63.0 Å². The predicted octanol–water partition coefficient (Wildman–Crippen LogP) is 3.55. The van der Waals surface area contributed by atoms with Crippen LogP contribution in [0.5, 0.6) is 5.75 Å². The minimum atomic E-state index is -4.21. The van der Waals surface area contributed by atoms with Gasteiger partial charge in [-0.2, -0.15) is 18.6 Å². The average Bonchev–Trinajstić information content (AvgIpc) is 4.07. The van der Waals surface area contributed by atoms with Crippen molar-refractivity contribution in [3.63, 3.8) is 0 Å². The molecule has 2 fully saturated rings. The Bertz CT molecular complexity index is 2630. The van der Waals surface area contributed by atoms with Gasteiger partial charge in [-0.3, -0.25) is 9.36 Å². The molecule has 4 heterocycles. The smallest absolute Gasteiger partial charge is 0.333 e. The molecule has 2 aromatic carbocycles. The van der Waals surface area contributed by atoms with Crippen LogP contribution in [0.25, 0.3) is 0 Å². The van der Waals surface area contributed by atoms with E-state index in [0.717, 1.165) is 86.8 Å². The minimum Gasteiger partial charge on any atom is -0.387 e. The number of nitriles is 1. The average molecular weight is 907 g/mol. The van der Waals surface area contributed by atoms with E-state index in [1.54, 1.807) is 18.7 Å². The largest absolute Gasteiger partial charge is 0.387 e. The third-order valence-electron chi connectivity index (χ3n) is 12.9. The van der Waals surface area contributed by atoms with Crippen molar-refractivity contribution in [2.45, 2.75) is 125 Å². The summed E-state index contributed by atoms with van der Waals surface area (Å²) in [6, 6.07) is 6.55. The lowest BCUT2D eigenvalue weighted by molar-refractivity contribution is -0.206. The molecule has 2 saturated heterocycles.